The fourth-order valence-electron chi connectivity index (χ4n) is 2.29. The van der Waals surface area contributed by atoms with Crippen molar-refractivity contribution in [2.75, 3.05) is 25.4 Å². The number of hydrogen-bond acceptors (Lipinski definition) is 4. The zero-order chi connectivity index (χ0) is 11.6. The van der Waals surface area contributed by atoms with Gasteiger partial charge in [0.25, 0.3) is 0 Å². The maximum atomic E-state index is 12.0. The van der Waals surface area contributed by atoms with E-state index in [9.17, 15) is 8.42 Å². The molecule has 5 nitrogen and oxygen atoms in total. The molecule has 2 unspecified atom stereocenters. The molecule has 0 aromatic carbocycles. The van der Waals surface area contributed by atoms with Crippen LogP contribution in [0.25, 0.3) is 0 Å². The first kappa shape index (κ1) is 12.3. The standard InChI is InChI=1S/C10H20N2O3S/c11-9-4-5-12(7-9)16(13,14)8-10-3-1-2-6-15-10/h9-10H,1-8,11H2. The van der Waals surface area contributed by atoms with Gasteiger partial charge in [-0.05, 0) is 25.7 Å². The molecule has 2 N–H and O–H groups in total. The number of nitrogens with zero attached hydrogens (tertiary/aromatic N) is 1. The fraction of sp³-hybridized carbons (Fsp3) is 1.00. The van der Waals surface area contributed by atoms with Crippen LogP contribution in [0.1, 0.15) is 25.7 Å². The zero-order valence-corrected chi connectivity index (χ0v) is 10.3. The summed E-state index contributed by atoms with van der Waals surface area (Å²) in [6.45, 7) is 1.73. The van der Waals surface area contributed by atoms with E-state index in [1.54, 1.807) is 0 Å². The molecular weight excluding hydrogens is 228 g/mol. The largest absolute Gasteiger partial charge is 0.377 e. The van der Waals surface area contributed by atoms with Gasteiger partial charge in [-0.15, -0.1) is 0 Å². The Hall–Kier alpha value is -0.170. The van der Waals surface area contributed by atoms with Crippen molar-refractivity contribution in [2.24, 2.45) is 5.73 Å². The molecule has 0 aromatic rings. The minimum Gasteiger partial charge on any atom is -0.377 e. The lowest BCUT2D eigenvalue weighted by atomic mass is 10.1. The molecule has 0 spiro atoms. The summed E-state index contributed by atoms with van der Waals surface area (Å²) < 4.78 is 31.0. The van der Waals surface area contributed by atoms with Crippen LogP contribution in [0.2, 0.25) is 0 Å². The molecule has 0 bridgehead atoms. The Morgan fingerprint density at radius 3 is 2.69 bits per heavy atom. The molecule has 0 amide bonds. The minimum atomic E-state index is -3.16. The quantitative estimate of drug-likeness (QED) is 0.758. The van der Waals surface area contributed by atoms with Crippen molar-refractivity contribution in [1.82, 2.24) is 4.31 Å². The summed E-state index contributed by atoms with van der Waals surface area (Å²) in [6, 6.07) is 0.00190. The fourth-order valence-corrected chi connectivity index (χ4v) is 4.03. The van der Waals surface area contributed by atoms with Crippen molar-refractivity contribution in [2.45, 2.75) is 37.8 Å². The van der Waals surface area contributed by atoms with Crippen LogP contribution >= 0.6 is 0 Å². The minimum absolute atomic E-state index is 0.00190. The second kappa shape index (κ2) is 5.00. The smallest absolute Gasteiger partial charge is 0.216 e. The molecule has 94 valence electrons. The van der Waals surface area contributed by atoms with Gasteiger partial charge in [0, 0.05) is 25.7 Å². The molecular formula is C10H20N2O3S. The summed E-state index contributed by atoms with van der Waals surface area (Å²) in [5.41, 5.74) is 5.72. The predicted molar refractivity (Wildman–Crippen MR) is 61.5 cm³/mol. The molecule has 2 fully saturated rings. The van der Waals surface area contributed by atoms with Gasteiger partial charge in [-0.1, -0.05) is 0 Å². The topological polar surface area (TPSA) is 72.6 Å². The highest BCUT2D eigenvalue weighted by molar-refractivity contribution is 7.89. The molecule has 2 aliphatic rings. The molecule has 0 saturated carbocycles. The highest BCUT2D eigenvalue weighted by atomic mass is 32.2. The molecule has 6 heteroatoms. The van der Waals surface area contributed by atoms with Gasteiger partial charge in [-0.25, -0.2) is 12.7 Å². The first-order chi connectivity index (χ1) is 7.58. The maximum Gasteiger partial charge on any atom is 0.216 e. The van der Waals surface area contributed by atoms with Gasteiger partial charge in [-0.3, -0.25) is 0 Å². The highest BCUT2D eigenvalue weighted by Crippen LogP contribution is 2.18. The SMILES string of the molecule is NC1CCN(S(=O)(=O)CC2CCCCO2)C1. The molecule has 2 saturated heterocycles. The van der Waals surface area contributed by atoms with Crippen molar-refractivity contribution in [1.29, 1.82) is 0 Å². The van der Waals surface area contributed by atoms with Crippen LogP contribution in [0, 0.1) is 0 Å². The van der Waals surface area contributed by atoms with Gasteiger partial charge >= 0.3 is 0 Å². The number of rotatable bonds is 3. The molecule has 0 radical (unpaired) electrons. The Morgan fingerprint density at radius 1 is 1.31 bits per heavy atom. The lowest BCUT2D eigenvalue weighted by Crippen LogP contribution is -2.38. The van der Waals surface area contributed by atoms with Gasteiger partial charge < -0.3 is 10.5 Å². The van der Waals surface area contributed by atoms with Gasteiger partial charge in [0.1, 0.15) is 0 Å². The highest BCUT2D eigenvalue weighted by Gasteiger charge is 2.32. The van der Waals surface area contributed by atoms with E-state index in [1.165, 1.54) is 4.31 Å². The van der Waals surface area contributed by atoms with Crippen molar-refractivity contribution in [3.8, 4) is 0 Å². The zero-order valence-electron chi connectivity index (χ0n) is 9.47. The third kappa shape index (κ3) is 2.94. The molecule has 2 atom stereocenters. The third-order valence-corrected chi connectivity index (χ3v) is 5.16. The summed E-state index contributed by atoms with van der Waals surface area (Å²) >= 11 is 0. The Morgan fingerprint density at radius 2 is 2.12 bits per heavy atom. The molecule has 2 aliphatic heterocycles. The van der Waals surface area contributed by atoms with Crippen molar-refractivity contribution < 1.29 is 13.2 Å². The lowest BCUT2D eigenvalue weighted by molar-refractivity contribution is 0.0299. The van der Waals surface area contributed by atoms with E-state index >= 15 is 0 Å². The van der Waals surface area contributed by atoms with Crippen LogP contribution in [0.15, 0.2) is 0 Å². The Bertz CT molecular complexity index is 325. The average Bonchev–Trinajstić information content (AvgIpc) is 2.66. The van der Waals surface area contributed by atoms with Crippen LogP contribution in [-0.4, -0.2) is 50.3 Å². The van der Waals surface area contributed by atoms with E-state index in [4.69, 9.17) is 10.5 Å². The van der Waals surface area contributed by atoms with Gasteiger partial charge in [-0.2, -0.15) is 0 Å². The molecule has 0 aliphatic carbocycles. The van der Waals surface area contributed by atoms with Crippen LogP contribution in [0.3, 0.4) is 0 Å². The molecule has 2 rings (SSSR count). The molecule has 2 heterocycles. The van der Waals surface area contributed by atoms with Gasteiger partial charge in [0.15, 0.2) is 0 Å². The normalized spacial score (nSPS) is 33.1. The monoisotopic (exact) mass is 248 g/mol. The van der Waals surface area contributed by atoms with E-state index in [2.05, 4.69) is 0 Å². The number of ether oxygens (including phenoxy) is 1. The van der Waals surface area contributed by atoms with Crippen LogP contribution in [0.5, 0.6) is 0 Å². The van der Waals surface area contributed by atoms with E-state index in [0.29, 0.717) is 19.7 Å². The number of nitrogens with two attached hydrogens (primary N) is 1. The van der Waals surface area contributed by atoms with Crippen LogP contribution in [-0.2, 0) is 14.8 Å². The second-order valence-corrected chi connectivity index (χ2v) is 6.69. The summed E-state index contributed by atoms with van der Waals surface area (Å²) in [5, 5.41) is 0. The van der Waals surface area contributed by atoms with Crippen LogP contribution in [0.4, 0.5) is 0 Å². The predicted octanol–water partition coefficient (Wildman–Crippen LogP) is -0.0817. The van der Waals surface area contributed by atoms with Crippen molar-refractivity contribution in [3.63, 3.8) is 0 Å². The molecule has 0 aromatic heterocycles. The number of hydrogen-bond donors (Lipinski definition) is 1. The second-order valence-electron chi connectivity index (χ2n) is 4.67. The third-order valence-electron chi connectivity index (χ3n) is 3.25. The van der Waals surface area contributed by atoms with E-state index in [0.717, 1.165) is 25.7 Å². The summed E-state index contributed by atoms with van der Waals surface area (Å²) in [6.07, 6.45) is 3.63. The van der Waals surface area contributed by atoms with Crippen molar-refractivity contribution >= 4 is 10.0 Å². The Kier molecular flexibility index (Phi) is 3.84. The van der Waals surface area contributed by atoms with Gasteiger partial charge in [0.05, 0.1) is 11.9 Å². The average molecular weight is 248 g/mol. The summed E-state index contributed by atoms with van der Waals surface area (Å²) in [7, 11) is -3.16. The first-order valence-electron chi connectivity index (χ1n) is 5.93. The number of sulfonamides is 1. The van der Waals surface area contributed by atoms with E-state index in [1.807, 2.05) is 0 Å². The summed E-state index contributed by atoms with van der Waals surface area (Å²) in [4.78, 5) is 0. The van der Waals surface area contributed by atoms with Crippen molar-refractivity contribution in [3.05, 3.63) is 0 Å². The van der Waals surface area contributed by atoms with Gasteiger partial charge in [0.2, 0.25) is 10.0 Å². The Balaban J connectivity index is 1.91. The maximum absolute atomic E-state index is 12.0. The van der Waals surface area contributed by atoms with E-state index < -0.39 is 10.0 Å². The van der Waals surface area contributed by atoms with E-state index in [-0.39, 0.29) is 17.9 Å². The van der Waals surface area contributed by atoms with Crippen LogP contribution < -0.4 is 5.73 Å². The summed E-state index contributed by atoms with van der Waals surface area (Å²) in [5.74, 6) is 0.125. The first-order valence-corrected chi connectivity index (χ1v) is 7.54. The molecule has 16 heavy (non-hydrogen) atoms. The Labute approximate surface area is 97.0 Å². The lowest BCUT2D eigenvalue weighted by Gasteiger charge is -2.25.